The summed E-state index contributed by atoms with van der Waals surface area (Å²) in [5.74, 6) is 0. The van der Waals surface area contributed by atoms with Crippen molar-refractivity contribution >= 4 is 6.03 Å². The van der Waals surface area contributed by atoms with E-state index in [0.717, 1.165) is 26.2 Å². The minimum absolute atomic E-state index is 0.324. The molecular formula is C16H29N3O. The van der Waals surface area contributed by atoms with Gasteiger partial charge in [0.1, 0.15) is 0 Å². The van der Waals surface area contributed by atoms with Crippen LogP contribution in [0.25, 0.3) is 0 Å². The first-order chi connectivity index (χ1) is 9.86. The van der Waals surface area contributed by atoms with Gasteiger partial charge in [0.25, 0.3) is 0 Å². The van der Waals surface area contributed by atoms with Crippen molar-refractivity contribution in [1.82, 2.24) is 15.1 Å². The Morgan fingerprint density at radius 3 is 2.30 bits per heavy atom. The van der Waals surface area contributed by atoms with E-state index in [0.29, 0.717) is 18.1 Å². The van der Waals surface area contributed by atoms with Crippen molar-refractivity contribution in [2.45, 2.75) is 69.9 Å². The van der Waals surface area contributed by atoms with E-state index in [1.807, 2.05) is 0 Å². The average Bonchev–Trinajstić information content (AvgIpc) is 2.89. The van der Waals surface area contributed by atoms with Crippen molar-refractivity contribution in [3.05, 3.63) is 0 Å². The third-order valence-electron chi connectivity index (χ3n) is 5.23. The number of hydrogen-bond acceptors (Lipinski definition) is 2. The van der Waals surface area contributed by atoms with Crippen LogP contribution in [-0.4, -0.2) is 54.1 Å². The normalized spacial score (nSPS) is 32.2. The van der Waals surface area contributed by atoms with Crippen LogP contribution in [-0.2, 0) is 0 Å². The molecule has 0 radical (unpaired) electrons. The van der Waals surface area contributed by atoms with Crippen molar-refractivity contribution < 1.29 is 4.79 Å². The Balaban J connectivity index is 1.66. The molecule has 3 aliphatic rings. The highest BCUT2D eigenvalue weighted by molar-refractivity contribution is 5.75. The summed E-state index contributed by atoms with van der Waals surface area (Å²) >= 11 is 0. The Hall–Kier alpha value is -0.770. The van der Waals surface area contributed by atoms with Crippen molar-refractivity contribution in [2.24, 2.45) is 0 Å². The molecule has 0 aromatic heterocycles. The monoisotopic (exact) mass is 279 g/mol. The van der Waals surface area contributed by atoms with E-state index >= 15 is 0 Å². The predicted octanol–water partition coefficient (Wildman–Crippen LogP) is 2.59. The molecule has 1 N–H and O–H groups in total. The number of nitrogens with zero attached hydrogens (tertiary/aromatic N) is 2. The largest absolute Gasteiger partial charge is 0.325 e. The van der Waals surface area contributed by atoms with Crippen LogP contribution in [0.1, 0.15) is 57.8 Å². The topological polar surface area (TPSA) is 35.6 Å². The van der Waals surface area contributed by atoms with Gasteiger partial charge >= 0.3 is 6.03 Å². The molecule has 2 unspecified atom stereocenters. The van der Waals surface area contributed by atoms with Crippen LogP contribution >= 0.6 is 0 Å². The van der Waals surface area contributed by atoms with Gasteiger partial charge in [0.2, 0.25) is 0 Å². The summed E-state index contributed by atoms with van der Waals surface area (Å²) in [6.07, 6.45) is 11.1. The van der Waals surface area contributed by atoms with E-state index < -0.39 is 0 Å². The van der Waals surface area contributed by atoms with Gasteiger partial charge in [-0.3, -0.25) is 0 Å². The minimum atomic E-state index is 0.324. The lowest BCUT2D eigenvalue weighted by molar-refractivity contribution is 0.103. The summed E-state index contributed by atoms with van der Waals surface area (Å²) < 4.78 is 0. The Bertz CT molecular complexity index is 320. The lowest BCUT2D eigenvalue weighted by Crippen LogP contribution is -2.56. The van der Waals surface area contributed by atoms with Crippen molar-refractivity contribution in [3.8, 4) is 0 Å². The number of nitrogens with one attached hydrogen (secondary N) is 1. The van der Waals surface area contributed by atoms with Crippen LogP contribution in [0.15, 0.2) is 0 Å². The van der Waals surface area contributed by atoms with Gasteiger partial charge < -0.3 is 15.1 Å². The van der Waals surface area contributed by atoms with Crippen molar-refractivity contribution in [3.63, 3.8) is 0 Å². The Morgan fingerprint density at radius 2 is 1.60 bits per heavy atom. The zero-order valence-corrected chi connectivity index (χ0v) is 12.6. The molecule has 0 aromatic carbocycles. The number of hydrogen-bond donors (Lipinski definition) is 1. The van der Waals surface area contributed by atoms with Crippen molar-refractivity contribution in [1.29, 1.82) is 0 Å². The van der Waals surface area contributed by atoms with Gasteiger partial charge in [-0.05, 0) is 51.5 Å². The first-order valence-corrected chi connectivity index (χ1v) is 8.65. The number of likely N-dealkylation sites (tertiary alicyclic amines) is 2. The molecule has 0 aromatic rings. The van der Waals surface area contributed by atoms with E-state index in [4.69, 9.17) is 0 Å². The third kappa shape index (κ3) is 3.11. The number of amides is 2. The summed E-state index contributed by atoms with van der Waals surface area (Å²) in [5, 5.41) is 3.61. The van der Waals surface area contributed by atoms with Gasteiger partial charge in [-0.1, -0.05) is 12.8 Å². The summed E-state index contributed by atoms with van der Waals surface area (Å²) in [6.45, 7) is 4.05. The quantitative estimate of drug-likeness (QED) is 0.801. The average molecular weight is 279 g/mol. The second kappa shape index (κ2) is 6.79. The van der Waals surface area contributed by atoms with Crippen molar-refractivity contribution in [2.75, 3.05) is 26.2 Å². The van der Waals surface area contributed by atoms with E-state index in [1.54, 1.807) is 0 Å². The molecule has 0 saturated carbocycles. The zero-order valence-electron chi connectivity index (χ0n) is 12.6. The van der Waals surface area contributed by atoms with Gasteiger partial charge in [0.15, 0.2) is 0 Å². The number of rotatable bonds is 1. The highest BCUT2D eigenvalue weighted by Gasteiger charge is 2.35. The minimum Gasteiger partial charge on any atom is -0.325 e. The Kier molecular flexibility index (Phi) is 4.81. The second-order valence-corrected chi connectivity index (χ2v) is 6.64. The number of urea groups is 1. The molecule has 4 heteroatoms. The lowest BCUT2D eigenvalue weighted by atomic mass is 9.95. The predicted molar refractivity (Wildman–Crippen MR) is 80.8 cm³/mol. The van der Waals surface area contributed by atoms with E-state index in [-0.39, 0.29) is 0 Å². The Morgan fingerprint density at radius 1 is 0.850 bits per heavy atom. The number of piperidine rings is 1. The van der Waals surface area contributed by atoms with Crippen LogP contribution in [0.2, 0.25) is 0 Å². The fraction of sp³-hybridized carbons (Fsp3) is 0.938. The number of carbonyl (C=O) groups excluding carboxylic acids is 1. The molecule has 2 atom stereocenters. The second-order valence-electron chi connectivity index (χ2n) is 6.64. The molecule has 3 fully saturated rings. The molecule has 3 saturated heterocycles. The zero-order chi connectivity index (χ0) is 13.8. The maximum atomic E-state index is 12.9. The molecule has 3 heterocycles. The SMILES string of the molecule is O=C(N1CCCCCC1)N1CCCCC1C1CCCN1. The lowest BCUT2D eigenvalue weighted by Gasteiger charge is -2.41. The van der Waals surface area contributed by atoms with Gasteiger partial charge in [-0.25, -0.2) is 4.79 Å². The summed E-state index contributed by atoms with van der Waals surface area (Å²) in [5.41, 5.74) is 0. The molecule has 114 valence electrons. The smallest absolute Gasteiger partial charge is 0.320 e. The summed E-state index contributed by atoms with van der Waals surface area (Å²) in [7, 11) is 0. The Labute approximate surface area is 122 Å². The molecule has 2 amide bonds. The maximum absolute atomic E-state index is 12.9. The van der Waals surface area contributed by atoms with E-state index in [2.05, 4.69) is 15.1 Å². The van der Waals surface area contributed by atoms with Crippen LogP contribution in [0.4, 0.5) is 4.79 Å². The van der Waals surface area contributed by atoms with Crippen LogP contribution in [0.3, 0.4) is 0 Å². The molecule has 0 aliphatic carbocycles. The molecule has 20 heavy (non-hydrogen) atoms. The molecule has 3 rings (SSSR count). The fourth-order valence-electron chi connectivity index (χ4n) is 4.10. The fourth-order valence-corrected chi connectivity index (χ4v) is 4.10. The van der Waals surface area contributed by atoms with Crippen LogP contribution in [0, 0.1) is 0 Å². The van der Waals surface area contributed by atoms with Gasteiger partial charge in [-0.2, -0.15) is 0 Å². The van der Waals surface area contributed by atoms with Gasteiger partial charge in [-0.15, -0.1) is 0 Å². The molecular weight excluding hydrogens is 250 g/mol. The molecule has 4 nitrogen and oxygen atoms in total. The van der Waals surface area contributed by atoms with Gasteiger partial charge in [0, 0.05) is 31.7 Å². The number of carbonyl (C=O) groups is 1. The molecule has 3 aliphatic heterocycles. The standard InChI is InChI=1S/C16H29N3O/c20-16(18-11-4-1-2-5-12-18)19-13-6-3-9-15(19)14-8-7-10-17-14/h14-15,17H,1-13H2. The first-order valence-electron chi connectivity index (χ1n) is 8.65. The highest BCUT2D eigenvalue weighted by Crippen LogP contribution is 2.26. The molecule has 0 bridgehead atoms. The van der Waals surface area contributed by atoms with E-state index in [9.17, 15) is 4.79 Å². The summed E-state index contributed by atoms with van der Waals surface area (Å²) in [4.78, 5) is 17.2. The summed E-state index contributed by atoms with van der Waals surface area (Å²) in [6, 6.07) is 1.32. The highest BCUT2D eigenvalue weighted by atomic mass is 16.2. The first kappa shape index (κ1) is 14.2. The van der Waals surface area contributed by atoms with Crippen LogP contribution < -0.4 is 5.32 Å². The third-order valence-corrected chi connectivity index (χ3v) is 5.23. The van der Waals surface area contributed by atoms with Gasteiger partial charge in [0.05, 0.1) is 0 Å². The maximum Gasteiger partial charge on any atom is 0.320 e. The van der Waals surface area contributed by atoms with E-state index in [1.165, 1.54) is 57.8 Å². The van der Waals surface area contributed by atoms with Crippen LogP contribution in [0.5, 0.6) is 0 Å². The molecule has 0 spiro atoms.